The first-order chi connectivity index (χ1) is 11.6. The van der Waals surface area contributed by atoms with Crippen LogP contribution in [0.2, 0.25) is 5.02 Å². The highest BCUT2D eigenvalue weighted by Crippen LogP contribution is 2.24. The fourth-order valence-corrected chi connectivity index (χ4v) is 2.29. The van der Waals surface area contributed by atoms with Crippen LogP contribution in [0.4, 0.5) is 5.69 Å². The maximum atomic E-state index is 12.2. The summed E-state index contributed by atoms with van der Waals surface area (Å²) in [6, 6.07) is 7.71. The molecule has 0 radical (unpaired) electrons. The number of carbonyl (C=O) groups is 2. The summed E-state index contributed by atoms with van der Waals surface area (Å²) < 4.78 is 0. The molecule has 0 aliphatic carbocycles. The maximum Gasteiger partial charge on any atom is 0.270 e. The molecule has 7 heteroatoms. The van der Waals surface area contributed by atoms with E-state index in [9.17, 15) is 14.7 Å². The predicted octanol–water partition coefficient (Wildman–Crippen LogP) is 3.15. The van der Waals surface area contributed by atoms with E-state index in [4.69, 9.17) is 11.6 Å². The summed E-state index contributed by atoms with van der Waals surface area (Å²) >= 11 is 5.83. The first-order valence-electron chi connectivity index (χ1n) is 7.70. The minimum atomic E-state index is -0.379. The molecule has 0 bridgehead atoms. The number of pyridine rings is 1. The smallest absolute Gasteiger partial charge is 0.270 e. The number of aromatic hydroxyl groups is 1. The number of nitrogens with zero attached hydrogens (tertiary/aromatic N) is 1. The van der Waals surface area contributed by atoms with E-state index >= 15 is 0 Å². The molecule has 0 aliphatic heterocycles. The van der Waals surface area contributed by atoms with Crippen molar-refractivity contribution >= 4 is 29.1 Å². The number of phenolic OH excluding ortho intramolecular Hbond substituents is 1. The van der Waals surface area contributed by atoms with Crippen molar-refractivity contribution in [3.63, 3.8) is 0 Å². The number of hydrogen-bond acceptors (Lipinski definition) is 4. The van der Waals surface area contributed by atoms with Crippen LogP contribution in [-0.4, -0.2) is 27.4 Å². The Kier molecular flexibility index (Phi) is 5.64. The van der Waals surface area contributed by atoms with Gasteiger partial charge in [0.1, 0.15) is 11.4 Å². The molecule has 6 nitrogen and oxygen atoms in total. The zero-order valence-corrected chi connectivity index (χ0v) is 15.0. The van der Waals surface area contributed by atoms with Gasteiger partial charge in [-0.25, -0.2) is 0 Å². The number of rotatable bonds is 4. The van der Waals surface area contributed by atoms with Gasteiger partial charge in [-0.1, -0.05) is 17.7 Å². The van der Waals surface area contributed by atoms with Crippen molar-refractivity contribution in [3.8, 4) is 5.75 Å². The number of phenols is 1. The van der Waals surface area contributed by atoms with Crippen molar-refractivity contribution in [2.75, 3.05) is 5.32 Å². The number of aromatic nitrogens is 1. The second-order valence-corrected chi connectivity index (χ2v) is 7.05. The van der Waals surface area contributed by atoms with E-state index in [1.54, 1.807) is 12.1 Å². The average molecular weight is 362 g/mol. The van der Waals surface area contributed by atoms with Gasteiger partial charge in [0.25, 0.3) is 5.91 Å². The van der Waals surface area contributed by atoms with Crippen LogP contribution in [0, 0.1) is 0 Å². The summed E-state index contributed by atoms with van der Waals surface area (Å²) in [7, 11) is 0. The van der Waals surface area contributed by atoms with E-state index in [1.165, 1.54) is 24.4 Å². The van der Waals surface area contributed by atoms with Crippen LogP contribution in [0.3, 0.4) is 0 Å². The molecule has 0 saturated heterocycles. The molecule has 1 aromatic carbocycles. The fraction of sp³-hybridized carbons (Fsp3) is 0.278. The van der Waals surface area contributed by atoms with E-state index in [0.29, 0.717) is 11.3 Å². The Morgan fingerprint density at radius 3 is 2.56 bits per heavy atom. The summed E-state index contributed by atoms with van der Waals surface area (Å²) in [4.78, 5) is 28.3. The third kappa shape index (κ3) is 5.76. The Balaban J connectivity index is 2.04. The van der Waals surface area contributed by atoms with Crippen LogP contribution in [0.5, 0.6) is 5.75 Å². The average Bonchev–Trinajstić information content (AvgIpc) is 2.49. The fourth-order valence-electron chi connectivity index (χ4n) is 2.09. The minimum Gasteiger partial charge on any atom is -0.506 e. The third-order valence-corrected chi connectivity index (χ3v) is 3.44. The van der Waals surface area contributed by atoms with Crippen LogP contribution >= 0.6 is 11.6 Å². The molecular weight excluding hydrogens is 342 g/mol. The zero-order chi connectivity index (χ0) is 18.6. The number of amides is 2. The molecule has 0 aliphatic rings. The van der Waals surface area contributed by atoms with E-state index in [-0.39, 0.29) is 40.2 Å². The maximum absolute atomic E-state index is 12.2. The Morgan fingerprint density at radius 1 is 1.20 bits per heavy atom. The van der Waals surface area contributed by atoms with Gasteiger partial charge in [0, 0.05) is 17.4 Å². The zero-order valence-electron chi connectivity index (χ0n) is 14.3. The lowest BCUT2D eigenvalue weighted by atomic mass is 10.1. The lowest BCUT2D eigenvalue weighted by molar-refractivity contribution is -0.115. The summed E-state index contributed by atoms with van der Waals surface area (Å²) in [5, 5.41) is 15.1. The molecule has 132 valence electrons. The Bertz CT molecular complexity index is 800. The Morgan fingerprint density at radius 2 is 1.92 bits per heavy atom. The van der Waals surface area contributed by atoms with Crippen molar-refractivity contribution in [2.45, 2.75) is 32.7 Å². The van der Waals surface area contributed by atoms with Gasteiger partial charge >= 0.3 is 0 Å². The highest BCUT2D eigenvalue weighted by molar-refractivity contribution is 6.32. The number of benzene rings is 1. The van der Waals surface area contributed by atoms with Gasteiger partial charge in [-0.15, -0.1) is 0 Å². The molecule has 1 heterocycles. The van der Waals surface area contributed by atoms with Gasteiger partial charge in [0.15, 0.2) is 0 Å². The highest BCUT2D eigenvalue weighted by atomic mass is 35.5. The molecule has 25 heavy (non-hydrogen) atoms. The molecule has 0 unspecified atom stereocenters. The van der Waals surface area contributed by atoms with E-state index in [1.807, 2.05) is 20.8 Å². The number of hydrogen-bond donors (Lipinski definition) is 3. The van der Waals surface area contributed by atoms with Gasteiger partial charge in [0.2, 0.25) is 5.91 Å². The van der Waals surface area contributed by atoms with Gasteiger partial charge < -0.3 is 15.7 Å². The van der Waals surface area contributed by atoms with Gasteiger partial charge in [-0.05, 0) is 50.6 Å². The third-order valence-electron chi connectivity index (χ3n) is 3.14. The number of halogens is 1. The van der Waals surface area contributed by atoms with Crippen molar-refractivity contribution in [2.24, 2.45) is 0 Å². The normalized spacial score (nSPS) is 11.0. The summed E-state index contributed by atoms with van der Waals surface area (Å²) in [6.07, 6.45) is 1.55. The van der Waals surface area contributed by atoms with E-state index in [2.05, 4.69) is 15.6 Å². The predicted molar refractivity (Wildman–Crippen MR) is 96.9 cm³/mol. The largest absolute Gasteiger partial charge is 0.506 e. The Labute approximate surface area is 151 Å². The van der Waals surface area contributed by atoms with E-state index in [0.717, 1.165) is 0 Å². The topological polar surface area (TPSA) is 91.3 Å². The highest BCUT2D eigenvalue weighted by Gasteiger charge is 2.17. The Hall–Kier alpha value is -2.60. The molecule has 2 amide bonds. The summed E-state index contributed by atoms with van der Waals surface area (Å²) in [5.74, 6) is -0.612. The number of carbonyl (C=O) groups excluding carboxylic acids is 2. The molecule has 2 aromatic rings. The quantitative estimate of drug-likeness (QED) is 0.780. The molecule has 0 fully saturated rings. The summed E-state index contributed by atoms with van der Waals surface area (Å²) in [5.41, 5.74) is 0.986. The monoisotopic (exact) mass is 361 g/mol. The molecule has 3 N–H and O–H groups in total. The van der Waals surface area contributed by atoms with E-state index < -0.39 is 0 Å². The molecule has 2 rings (SSSR count). The summed E-state index contributed by atoms with van der Waals surface area (Å²) in [6.45, 7) is 5.62. The van der Waals surface area contributed by atoms with Crippen LogP contribution < -0.4 is 10.6 Å². The van der Waals surface area contributed by atoms with Crippen LogP contribution in [0.25, 0.3) is 0 Å². The van der Waals surface area contributed by atoms with Crippen molar-refractivity contribution in [1.29, 1.82) is 0 Å². The lowest BCUT2D eigenvalue weighted by Gasteiger charge is -2.20. The van der Waals surface area contributed by atoms with Gasteiger partial charge in [0.05, 0.1) is 11.4 Å². The molecule has 0 saturated carbocycles. The van der Waals surface area contributed by atoms with Crippen LogP contribution in [0.15, 0.2) is 36.5 Å². The SMILES string of the molecule is CC(C)(C)NC(=O)c1cc(NC(=O)Cc2ccc(O)c(Cl)c2)ccn1. The van der Waals surface area contributed by atoms with Crippen LogP contribution in [0.1, 0.15) is 36.8 Å². The standard InChI is InChI=1S/C18H20ClN3O3/c1-18(2,3)22-17(25)14-10-12(6-7-20-14)21-16(24)9-11-4-5-15(23)13(19)8-11/h4-8,10,23H,9H2,1-3H3,(H,22,25)(H,20,21,24). The van der Waals surface area contributed by atoms with Crippen molar-refractivity contribution in [1.82, 2.24) is 10.3 Å². The van der Waals surface area contributed by atoms with Crippen molar-refractivity contribution in [3.05, 3.63) is 52.8 Å². The molecule has 0 spiro atoms. The number of nitrogens with one attached hydrogen (secondary N) is 2. The second-order valence-electron chi connectivity index (χ2n) is 6.64. The lowest BCUT2D eigenvalue weighted by Crippen LogP contribution is -2.40. The molecule has 0 atom stereocenters. The van der Waals surface area contributed by atoms with Crippen molar-refractivity contribution < 1.29 is 14.7 Å². The first kappa shape index (κ1) is 18.7. The molecular formula is C18H20ClN3O3. The van der Waals surface area contributed by atoms with Gasteiger partial charge in [-0.2, -0.15) is 0 Å². The first-order valence-corrected chi connectivity index (χ1v) is 8.08. The molecule has 1 aromatic heterocycles. The van der Waals surface area contributed by atoms with Gasteiger partial charge in [-0.3, -0.25) is 14.6 Å². The van der Waals surface area contributed by atoms with Crippen LogP contribution in [-0.2, 0) is 11.2 Å². The number of anilines is 1. The minimum absolute atomic E-state index is 0.0329. The second kappa shape index (κ2) is 7.53.